The highest BCUT2D eigenvalue weighted by atomic mass is 35.5. The first-order valence-electron chi connectivity index (χ1n) is 6.04. The van der Waals surface area contributed by atoms with Crippen LogP contribution in [0.1, 0.15) is 0 Å². The van der Waals surface area contributed by atoms with E-state index in [2.05, 4.69) is 6.58 Å². The zero-order valence-electron chi connectivity index (χ0n) is 11.0. The van der Waals surface area contributed by atoms with Crippen molar-refractivity contribution in [3.05, 3.63) is 66.2 Å². The van der Waals surface area contributed by atoms with E-state index in [1.165, 1.54) is 11.0 Å². The van der Waals surface area contributed by atoms with Crippen LogP contribution in [0.5, 0.6) is 11.5 Å². The van der Waals surface area contributed by atoms with Gasteiger partial charge in [-0.05, 0) is 54.6 Å². The zero-order chi connectivity index (χ0) is 14.5. The van der Waals surface area contributed by atoms with Gasteiger partial charge in [0, 0.05) is 17.8 Å². The Morgan fingerprint density at radius 3 is 2.10 bits per heavy atom. The third-order valence-corrected chi connectivity index (χ3v) is 3.03. The topological polar surface area (TPSA) is 29.5 Å². The lowest BCUT2D eigenvalue weighted by Gasteiger charge is -2.15. The lowest BCUT2D eigenvalue weighted by Crippen LogP contribution is -2.23. The second-order valence-electron chi connectivity index (χ2n) is 4.15. The van der Waals surface area contributed by atoms with Crippen LogP contribution in [-0.4, -0.2) is 13.0 Å². The van der Waals surface area contributed by atoms with E-state index in [4.69, 9.17) is 16.3 Å². The van der Waals surface area contributed by atoms with Crippen LogP contribution in [0.4, 0.5) is 5.69 Å². The molecule has 2 aromatic rings. The highest BCUT2D eigenvalue weighted by Gasteiger charge is 2.07. The Morgan fingerprint density at radius 1 is 1.10 bits per heavy atom. The summed E-state index contributed by atoms with van der Waals surface area (Å²) >= 11 is 5.81. The number of carbonyl (C=O) groups excluding carboxylic acids is 1. The van der Waals surface area contributed by atoms with Gasteiger partial charge in [0.1, 0.15) is 11.5 Å². The number of benzene rings is 2. The van der Waals surface area contributed by atoms with Gasteiger partial charge >= 0.3 is 0 Å². The third-order valence-electron chi connectivity index (χ3n) is 2.78. The summed E-state index contributed by atoms with van der Waals surface area (Å²) in [5, 5.41) is 0.664. The molecule has 0 radical (unpaired) electrons. The van der Waals surface area contributed by atoms with Gasteiger partial charge in [-0.3, -0.25) is 4.79 Å². The summed E-state index contributed by atoms with van der Waals surface area (Å²) in [6.45, 7) is 3.46. The number of rotatable bonds is 4. The Morgan fingerprint density at radius 2 is 1.60 bits per heavy atom. The van der Waals surface area contributed by atoms with Crippen molar-refractivity contribution in [2.24, 2.45) is 0 Å². The van der Waals surface area contributed by atoms with Crippen LogP contribution in [0, 0.1) is 0 Å². The van der Waals surface area contributed by atoms with Gasteiger partial charge in [0.05, 0.1) is 0 Å². The summed E-state index contributed by atoms with van der Waals surface area (Å²) in [5.41, 5.74) is 0.776. The fourth-order valence-electron chi connectivity index (χ4n) is 1.64. The minimum atomic E-state index is -0.156. The monoisotopic (exact) mass is 287 g/mol. The van der Waals surface area contributed by atoms with Crippen LogP contribution in [0.2, 0.25) is 5.02 Å². The van der Waals surface area contributed by atoms with Crippen molar-refractivity contribution < 1.29 is 9.53 Å². The van der Waals surface area contributed by atoms with Crippen LogP contribution in [0.25, 0.3) is 0 Å². The van der Waals surface area contributed by atoms with Crippen molar-refractivity contribution in [2.75, 3.05) is 11.9 Å². The van der Waals surface area contributed by atoms with Crippen molar-refractivity contribution >= 4 is 23.2 Å². The highest BCUT2D eigenvalue weighted by Crippen LogP contribution is 2.25. The van der Waals surface area contributed by atoms with Gasteiger partial charge in [-0.15, -0.1) is 0 Å². The van der Waals surface area contributed by atoms with Gasteiger partial charge in [-0.25, -0.2) is 0 Å². The molecule has 0 heterocycles. The van der Waals surface area contributed by atoms with E-state index in [9.17, 15) is 4.79 Å². The average molecular weight is 288 g/mol. The molecule has 3 nitrogen and oxygen atoms in total. The molecule has 1 amide bonds. The number of anilines is 1. The molecule has 20 heavy (non-hydrogen) atoms. The molecular weight excluding hydrogens is 274 g/mol. The Kier molecular flexibility index (Phi) is 4.43. The summed E-state index contributed by atoms with van der Waals surface area (Å²) in [4.78, 5) is 13.0. The molecular formula is C16H14ClNO2. The number of hydrogen-bond acceptors (Lipinski definition) is 2. The van der Waals surface area contributed by atoms with Crippen molar-refractivity contribution in [3.63, 3.8) is 0 Å². The number of halogens is 1. The molecule has 0 saturated carbocycles. The fourth-order valence-corrected chi connectivity index (χ4v) is 1.77. The van der Waals surface area contributed by atoms with Gasteiger partial charge in [-0.2, -0.15) is 0 Å². The van der Waals surface area contributed by atoms with Crippen molar-refractivity contribution in [2.45, 2.75) is 0 Å². The number of ether oxygens (including phenoxy) is 1. The summed E-state index contributed by atoms with van der Waals surface area (Å²) in [7, 11) is 1.69. The largest absolute Gasteiger partial charge is 0.457 e. The minimum absolute atomic E-state index is 0.156. The molecule has 102 valence electrons. The second-order valence-corrected chi connectivity index (χ2v) is 4.59. The number of nitrogens with zero attached hydrogens (tertiary/aromatic N) is 1. The van der Waals surface area contributed by atoms with Gasteiger partial charge in [-0.1, -0.05) is 18.2 Å². The predicted molar refractivity (Wildman–Crippen MR) is 81.6 cm³/mol. The van der Waals surface area contributed by atoms with Gasteiger partial charge in [0.15, 0.2) is 0 Å². The molecule has 0 fully saturated rings. The SMILES string of the molecule is C=CC(=O)N(C)c1ccc(Oc2ccc(Cl)cc2)cc1. The van der Waals surface area contributed by atoms with E-state index in [0.717, 1.165) is 5.69 Å². The first-order valence-corrected chi connectivity index (χ1v) is 6.41. The maximum Gasteiger partial charge on any atom is 0.250 e. The molecule has 0 spiro atoms. The summed E-state index contributed by atoms with van der Waals surface area (Å²) < 4.78 is 5.67. The maximum absolute atomic E-state index is 11.5. The lowest BCUT2D eigenvalue weighted by molar-refractivity contribution is -0.113. The van der Waals surface area contributed by atoms with Gasteiger partial charge in [0.25, 0.3) is 0 Å². The molecule has 0 aromatic heterocycles. The van der Waals surface area contributed by atoms with Crippen LogP contribution < -0.4 is 9.64 Å². The van der Waals surface area contributed by atoms with E-state index < -0.39 is 0 Å². The number of hydrogen-bond donors (Lipinski definition) is 0. The Balaban J connectivity index is 2.10. The molecule has 0 bridgehead atoms. The molecule has 4 heteroatoms. The van der Waals surface area contributed by atoms with Crippen LogP contribution in [0.15, 0.2) is 61.2 Å². The van der Waals surface area contributed by atoms with Gasteiger partial charge < -0.3 is 9.64 Å². The normalized spacial score (nSPS) is 9.90. The quantitative estimate of drug-likeness (QED) is 0.786. The smallest absolute Gasteiger partial charge is 0.250 e. The highest BCUT2D eigenvalue weighted by molar-refractivity contribution is 6.30. The second kappa shape index (κ2) is 6.26. The third kappa shape index (κ3) is 3.39. The molecule has 2 rings (SSSR count). The zero-order valence-corrected chi connectivity index (χ0v) is 11.8. The molecule has 2 aromatic carbocycles. The Hall–Kier alpha value is -2.26. The lowest BCUT2D eigenvalue weighted by atomic mass is 10.2. The summed E-state index contributed by atoms with van der Waals surface area (Å²) in [6.07, 6.45) is 1.28. The van der Waals surface area contributed by atoms with Crippen LogP contribution in [0.3, 0.4) is 0 Å². The molecule has 0 aliphatic rings. The van der Waals surface area contributed by atoms with E-state index in [1.54, 1.807) is 43.4 Å². The van der Waals surface area contributed by atoms with E-state index in [0.29, 0.717) is 16.5 Å². The van der Waals surface area contributed by atoms with Crippen LogP contribution >= 0.6 is 11.6 Å². The minimum Gasteiger partial charge on any atom is -0.457 e. The number of amides is 1. The average Bonchev–Trinajstić information content (AvgIpc) is 2.49. The summed E-state index contributed by atoms with van der Waals surface area (Å²) in [6, 6.07) is 14.4. The molecule has 0 aliphatic carbocycles. The maximum atomic E-state index is 11.5. The van der Waals surface area contributed by atoms with Gasteiger partial charge in [0.2, 0.25) is 5.91 Å². The first-order chi connectivity index (χ1) is 9.60. The molecule has 0 atom stereocenters. The number of likely N-dealkylation sites (N-methyl/N-ethyl adjacent to an activating group) is 1. The Labute approximate surface area is 123 Å². The van der Waals surface area contributed by atoms with E-state index in [1.807, 2.05) is 12.1 Å². The van der Waals surface area contributed by atoms with Crippen molar-refractivity contribution in [1.29, 1.82) is 0 Å². The molecule has 0 saturated heterocycles. The van der Waals surface area contributed by atoms with Crippen LogP contribution in [-0.2, 0) is 4.79 Å². The Bertz CT molecular complexity index is 605. The first kappa shape index (κ1) is 14.2. The fraction of sp³-hybridized carbons (Fsp3) is 0.0625. The molecule has 0 N–H and O–H groups in total. The standard InChI is InChI=1S/C16H14ClNO2/c1-3-16(19)18(2)13-6-10-15(11-7-13)20-14-8-4-12(17)5-9-14/h3-11H,1H2,2H3. The molecule has 0 aliphatic heterocycles. The summed E-state index contributed by atoms with van der Waals surface area (Å²) in [5.74, 6) is 1.24. The predicted octanol–water partition coefficient (Wildman–Crippen LogP) is 4.28. The molecule has 0 unspecified atom stereocenters. The van der Waals surface area contributed by atoms with Crippen molar-refractivity contribution in [3.8, 4) is 11.5 Å². The van der Waals surface area contributed by atoms with Crippen molar-refractivity contribution in [1.82, 2.24) is 0 Å². The van der Waals surface area contributed by atoms with E-state index in [-0.39, 0.29) is 5.91 Å². The van der Waals surface area contributed by atoms with E-state index >= 15 is 0 Å². The number of carbonyl (C=O) groups is 1.